The van der Waals surface area contributed by atoms with Gasteiger partial charge in [0.25, 0.3) is 5.91 Å². The highest BCUT2D eigenvalue weighted by atomic mass is 35.5. The first-order valence-corrected chi connectivity index (χ1v) is 11.4. The molecule has 0 aliphatic carbocycles. The Morgan fingerprint density at radius 2 is 1.57 bits per heavy atom. The third-order valence-electron chi connectivity index (χ3n) is 5.26. The fraction of sp³-hybridized carbons (Fsp3) is 0.115. The topological polar surface area (TPSA) is 116 Å². The lowest BCUT2D eigenvalue weighted by molar-refractivity contribution is 0.102. The minimum Gasteiger partial charge on any atom is -0.493 e. The molecule has 0 aliphatic heterocycles. The molecule has 0 unspecified atom stereocenters. The molecule has 4 rings (SSSR count). The Labute approximate surface area is 218 Å². The van der Waals surface area contributed by atoms with Crippen molar-refractivity contribution >= 4 is 40.6 Å². The monoisotopic (exact) mass is 521 g/mol. The number of nitrogens with one attached hydrogen (secondary N) is 3. The molecule has 0 bridgehead atoms. The van der Waals surface area contributed by atoms with Crippen molar-refractivity contribution in [1.82, 2.24) is 9.78 Å². The van der Waals surface area contributed by atoms with E-state index in [1.807, 2.05) is 0 Å². The molecule has 190 valence electrons. The van der Waals surface area contributed by atoms with Gasteiger partial charge in [0, 0.05) is 23.4 Å². The molecular formula is C26H24ClN5O5. The number of para-hydroxylation sites is 1. The van der Waals surface area contributed by atoms with E-state index in [9.17, 15) is 9.59 Å². The van der Waals surface area contributed by atoms with E-state index in [0.717, 1.165) is 0 Å². The van der Waals surface area contributed by atoms with Gasteiger partial charge in [-0.15, -0.1) is 0 Å². The average Bonchev–Trinajstić information content (AvgIpc) is 3.37. The lowest BCUT2D eigenvalue weighted by Gasteiger charge is -2.14. The molecule has 3 amide bonds. The maximum atomic E-state index is 13.0. The van der Waals surface area contributed by atoms with Crippen LogP contribution in [0.5, 0.6) is 17.2 Å². The van der Waals surface area contributed by atoms with Gasteiger partial charge in [0.1, 0.15) is 0 Å². The Morgan fingerprint density at radius 1 is 0.838 bits per heavy atom. The zero-order valence-corrected chi connectivity index (χ0v) is 21.0. The highest BCUT2D eigenvalue weighted by Crippen LogP contribution is 2.40. The summed E-state index contributed by atoms with van der Waals surface area (Å²) in [4.78, 5) is 25.3. The van der Waals surface area contributed by atoms with Gasteiger partial charge in [0.15, 0.2) is 11.5 Å². The van der Waals surface area contributed by atoms with Crippen LogP contribution in [0.2, 0.25) is 5.02 Å². The Balaban J connectivity index is 1.47. The van der Waals surface area contributed by atoms with Crippen molar-refractivity contribution < 1.29 is 23.8 Å². The molecule has 10 nitrogen and oxygen atoms in total. The predicted molar refractivity (Wildman–Crippen MR) is 142 cm³/mol. The molecule has 1 aromatic heterocycles. The second-order valence-electron chi connectivity index (χ2n) is 7.65. The lowest BCUT2D eigenvalue weighted by atomic mass is 10.1. The number of carbonyl (C=O) groups excluding carboxylic acids is 2. The molecule has 3 aromatic carbocycles. The van der Waals surface area contributed by atoms with E-state index >= 15 is 0 Å². The summed E-state index contributed by atoms with van der Waals surface area (Å²) in [6, 6.07) is 16.6. The molecule has 11 heteroatoms. The molecule has 0 spiro atoms. The number of carbonyl (C=O) groups is 2. The van der Waals surface area contributed by atoms with Crippen LogP contribution in [-0.4, -0.2) is 43.0 Å². The van der Waals surface area contributed by atoms with Gasteiger partial charge in [-0.1, -0.05) is 29.8 Å². The van der Waals surface area contributed by atoms with Crippen molar-refractivity contribution in [3.63, 3.8) is 0 Å². The highest BCUT2D eigenvalue weighted by Gasteiger charge is 2.16. The summed E-state index contributed by atoms with van der Waals surface area (Å²) in [7, 11) is 4.51. The molecule has 0 fully saturated rings. The first kappa shape index (κ1) is 25.4. The average molecular weight is 522 g/mol. The number of urea groups is 1. The normalized spacial score (nSPS) is 10.4. The maximum absolute atomic E-state index is 13.0. The summed E-state index contributed by atoms with van der Waals surface area (Å²) >= 11 is 6.08. The number of benzene rings is 3. The number of rotatable bonds is 8. The van der Waals surface area contributed by atoms with Gasteiger partial charge >= 0.3 is 6.03 Å². The largest absolute Gasteiger partial charge is 0.493 e. The molecule has 0 saturated heterocycles. The van der Waals surface area contributed by atoms with Crippen molar-refractivity contribution in [3.05, 3.63) is 83.6 Å². The molecule has 0 radical (unpaired) electrons. The van der Waals surface area contributed by atoms with E-state index in [-0.39, 0.29) is 5.91 Å². The van der Waals surface area contributed by atoms with Crippen LogP contribution < -0.4 is 30.2 Å². The summed E-state index contributed by atoms with van der Waals surface area (Å²) in [5.74, 6) is 0.913. The fourth-order valence-corrected chi connectivity index (χ4v) is 3.70. The molecule has 0 aliphatic rings. The van der Waals surface area contributed by atoms with E-state index in [2.05, 4.69) is 21.0 Å². The fourth-order valence-electron chi connectivity index (χ4n) is 3.52. The predicted octanol–water partition coefficient (Wildman–Crippen LogP) is 5.45. The number of hydrogen-bond donors (Lipinski definition) is 3. The summed E-state index contributed by atoms with van der Waals surface area (Å²) in [5, 5.41) is 12.9. The Kier molecular flexibility index (Phi) is 7.80. The minimum absolute atomic E-state index is 0.347. The zero-order valence-electron chi connectivity index (χ0n) is 20.2. The molecule has 0 saturated carbocycles. The van der Waals surface area contributed by atoms with Gasteiger partial charge in [0.05, 0.1) is 55.8 Å². The van der Waals surface area contributed by atoms with E-state index < -0.39 is 6.03 Å². The van der Waals surface area contributed by atoms with Crippen molar-refractivity contribution in [3.8, 4) is 22.9 Å². The smallest absolute Gasteiger partial charge is 0.323 e. The van der Waals surface area contributed by atoms with Crippen LogP contribution in [0, 0.1) is 0 Å². The molecular weight excluding hydrogens is 498 g/mol. The van der Waals surface area contributed by atoms with Gasteiger partial charge in [-0.3, -0.25) is 4.79 Å². The summed E-state index contributed by atoms with van der Waals surface area (Å²) in [6.45, 7) is 0. The molecule has 3 N–H and O–H groups in total. The number of hydrogen-bond acceptors (Lipinski definition) is 6. The first-order chi connectivity index (χ1) is 17.9. The Morgan fingerprint density at radius 3 is 2.24 bits per heavy atom. The number of methoxy groups -OCH3 is 3. The van der Waals surface area contributed by atoms with Crippen molar-refractivity contribution in [2.24, 2.45) is 0 Å². The minimum atomic E-state index is -0.467. The number of anilines is 3. The molecule has 4 aromatic rings. The maximum Gasteiger partial charge on any atom is 0.323 e. The summed E-state index contributed by atoms with van der Waals surface area (Å²) in [6.07, 6.45) is 3.12. The van der Waals surface area contributed by atoms with Gasteiger partial charge in [-0.25, -0.2) is 9.48 Å². The van der Waals surface area contributed by atoms with Crippen molar-refractivity contribution in [1.29, 1.82) is 0 Å². The zero-order chi connectivity index (χ0) is 26.4. The van der Waals surface area contributed by atoms with Gasteiger partial charge in [0.2, 0.25) is 5.75 Å². The number of aromatic nitrogens is 2. The van der Waals surface area contributed by atoms with E-state index in [1.165, 1.54) is 27.5 Å². The number of ether oxygens (including phenoxy) is 3. The second kappa shape index (κ2) is 11.4. The molecule has 37 heavy (non-hydrogen) atoms. The van der Waals surface area contributed by atoms with Gasteiger partial charge in [-0.05, 0) is 30.3 Å². The van der Waals surface area contributed by atoms with Crippen LogP contribution in [-0.2, 0) is 0 Å². The lowest BCUT2D eigenvalue weighted by Crippen LogP contribution is -2.19. The van der Waals surface area contributed by atoms with Crippen LogP contribution in [0.3, 0.4) is 0 Å². The summed E-state index contributed by atoms with van der Waals surface area (Å²) in [5.41, 5.74) is 2.43. The van der Waals surface area contributed by atoms with Crippen LogP contribution in [0.4, 0.5) is 21.9 Å². The third-order valence-corrected chi connectivity index (χ3v) is 5.59. The highest BCUT2D eigenvalue weighted by molar-refractivity contribution is 6.33. The van der Waals surface area contributed by atoms with Crippen LogP contribution in [0.1, 0.15) is 10.4 Å². The van der Waals surface area contributed by atoms with Crippen LogP contribution in [0.25, 0.3) is 5.69 Å². The third kappa shape index (κ3) is 5.93. The number of amides is 3. The van der Waals surface area contributed by atoms with Crippen molar-refractivity contribution in [2.45, 2.75) is 0 Å². The molecule has 0 atom stereocenters. The summed E-state index contributed by atoms with van der Waals surface area (Å²) < 4.78 is 17.6. The number of halogens is 1. The number of nitrogens with zero attached hydrogens (tertiary/aromatic N) is 2. The van der Waals surface area contributed by atoms with E-state index in [1.54, 1.807) is 71.5 Å². The van der Waals surface area contributed by atoms with Crippen LogP contribution >= 0.6 is 11.6 Å². The van der Waals surface area contributed by atoms with Gasteiger partial charge < -0.3 is 30.2 Å². The molecule has 1 heterocycles. The Hall–Kier alpha value is -4.70. The first-order valence-electron chi connectivity index (χ1n) is 11.0. The SMILES string of the molecule is COc1cc(NC(=O)c2cccc(-n3cc(NC(=O)Nc4ccccc4Cl)cn3)c2)cc(OC)c1OC. The second-order valence-corrected chi connectivity index (χ2v) is 8.06. The van der Waals surface area contributed by atoms with E-state index in [0.29, 0.717) is 50.6 Å². The van der Waals surface area contributed by atoms with Gasteiger partial charge in [-0.2, -0.15) is 5.10 Å². The van der Waals surface area contributed by atoms with Crippen molar-refractivity contribution in [2.75, 3.05) is 37.3 Å². The van der Waals surface area contributed by atoms with Crippen LogP contribution in [0.15, 0.2) is 73.1 Å². The standard InChI is InChI=1S/C26H24ClN5O5/c1-35-22-12-17(13-23(36-2)24(22)37-3)29-25(33)16-7-6-8-19(11-16)32-15-18(14-28-32)30-26(34)31-21-10-5-4-9-20(21)27/h4-15H,1-3H3,(H,29,33)(H2,30,31,34). The van der Waals surface area contributed by atoms with E-state index in [4.69, 9.17) is 25.8 Å². The quantitative estimate of drug-likeness (QED) is 0.284. The Bertz CT molecular complexity index is 1410.